The van der Waals surface area contributed by atoms with E-state index in [1.807, 2.05) is 32.2 Å². The van der Waals surface area contributed by atoms with Crippen LogP contribution in [0, 0.1) is 0 Å². The minimum absolute atomic E-state index is 0.204. The Hall–Kier alpha value is -3.00. The third kappa shape index (κ3) is 4.39. The lowest BCUT2D eigenvalue weighted by molar-refractivity contribution is 0.362. The molecule has 8 heteroatoms. The van der Waals surface area contributed by atoms with Gasteiger partial charge in [-0.1, -0.05) is 62.8 Å². The Labute approximate surface area is 186 Å². The van der Waals surface area contributed by atoms with Crippen LogP contribution in [0.2, 0.25) is 0 Å². The topological polar surface area (TPSA) is 82.5 Å². The van der Waals surface area contributed by atoms with Crippen LogP contribution in [0.15, 0.2) is 52.4 Å². The summed E-state index contributed by atoms with van der Waals surface area (Å²) in [7, 11) is 0. The van der Waals surface area contributed by atoms with E-state index in [-0.39, 0.29) is 5.92 Å². The zero-order valence-corrected chi connectivity index (χ0v) is 19.1. The smallest absolute Gasteiger partial charge is 0.229 e. The molecule has 0 aliphatic rings. The van der Waals surface area contributed by atoms with Gasteiger partial charge in [-0.2, -0.15) is 4.98 Å². The average molecular weight is 435 g/mol. The van der Waals surface area contributed by atoms with Gasteiger partial charge in [0, 0.05) is 23.9 Å². The predicted molar refractivity (Wildman–Crippen MR) is 121 cm³/mol. The fraction of sp³-hybridized carbons (Fsp3) is 0.348. The molecule has 0 atom stereocenters. The van der Waals surface area contributed by atoms with E-state index in [2.05, 4.69) is 61.9 Å². The minimum Gasteiger partial charge on any atom is -0.339 e. The summed E-state index contributed by atoms with van der Waals surface area (Å²) >= 11 is 1.56. The number of aryl methyl sites for hydroxylation is 2. The molecular weight excluding hydrogens is 408 g/mol. The van der Waals surface area contributed by atoms with Gasteiger partial charge in [0.1, 0.15) is 0 Å². The van der Waals surface area contributed by atoms with Crippen LogP contribution in [0.25, 0.3) is 17.1 Å². The van der Waals surface area contributed by atoms with Crippen LogP contribution in [0.3, 0.4) is 0 Å². The molecule has 0 saturated carbocycles. The van der Waals surface area contributed by atoms with Crippen molar-refractivity contribution in [1.82, 2.24) is 29.9 Å². The summed E-state index contributed by atoms with van der Waals surface area (Å²) in [4.78, 5) is 8.78. The van der Waals surface area contributed by atoms with Gasteiger partial charge in [0.2, 0.25) is 5.89 Å². The summed E-state index contributed by atoms with van der Waals surface area (Å²) in [6, 6.07) is 10.4. The van der Waals surface area contributed by atoms with E-state index in [0.29, 0.717) is 17.5 Å². The van der Waals surface area contributed by atoms with Gasteiger partial charge in [-0.15, -0.1) is 10.2 Å². The second kappa shape index (κ2) is 9.43. The van der Waals surface area contributed by atoms with Gasteiger partial charge >= 0.3 is 0 Å². The molecule has 4 aromatic rings. The van der Waals surface area contributed by atoms with Gasteiger partial charge in [-0.3, -0.25) is 9.55 Å². The number of hydrogen-bond donors (Lipinski definition) is 0. The van der Waals surface area contributed by atoms with Crippen molar-refractivity contribution in [2.24, 2.45) is 0 Å². The van der Waals surface area contributed by atoms with Gasteiger partial charge in [0.25, 0.3) is 0 Å². The Kier molecular flexibility index (Phi) is 6.46. The van der Waals surface area contributed by atoms with E-state index in [1.54, 1.807) is 18.0 Å². The minimum atomic E-state index is 0.204. The van der Waals surface area contributed by atoms with Crippen LogP contribution in [0.4, 0.5) is 0 Å². The van der Waals surface area contributed by atoms with Crippen molar-refractivity contribution in [1.29, 1.82) is 0 Å². The molecule has 0 N–H and O–H groups in total. The largest absolute Gasteiger partial charge is 0.339 e. The Morgan fingerprint density at radius 3 is 2.42 bits per heavy atom. The molecule has 4 rings (SSSR count). The van der Waals surface area contributed by atoms with Crippen molar-refractivity contribution >= 4 is 11.8 Å². The molecule has 0 unspecified atom stereocenters. The standard InChI is InChI=1S/C23H26N6OS/c1-5-16-9-7-10-17(6-2)20(16)29-21(18-11-8-12-24-13-18)26-27-23(29)31-14-19-25-22(15(3)4)30-28-19/h7-13,15H,5-6,14H2,1-4H3. The van der Waals surface area contributed by atoms with E-state index in [4.69, 9.17) is 4.52 Å². The van der Waals surface area contributed by atoms with Crippen LogP contribution in [0.5, 0.6) is 0 Å². The zero-order chi connectivity index (χ0) is 21.8. The molecular formula is C23H26N6OS. The number of benzene rings is 1. The van der Waals surface area contributed by atoms with Crippen LogP contribution >= 0.6 is 11.8 Å². The second-order valence-electron chi connectivity index (χ2n) is 7.51. The van der Waals surface area contributed by atoms with Crippen molar-refractivity contribution in [3.8, 4) is 17.1 Å². The van der Waals surface area contributed by atoms with Crippen molar-refractivity contribution in [2.45, 2.75) is 57.4 Å². The molecule has 7 nitrogen and oxygen atoms in total. The van der Waals surface area contributed by atoms with Crippen LogP contribution in [-0.2, 0) is 18.6 Å². The number of hydrogen-bond acceptors (Lipinski definition) is 7. The van der Waals surface area contributed by atoms with E-state index in [0.717, 1.165) is 35.1 Å². The molecule has 0 saturated heterocycles. The highest BCUT2D eigenvalue weighted by atomic mass is 32.2. The SMILES string of the molecule is CCc1cccc(CC)c1-n1c(SCc2noc(C(C)C)n2)nnc1-c1cccnc1. The van der Waals surface area contributed by atoms with Gasteiger partial charge in [0.05, 0.1) is 11.4 Å². The third-order valence-electron chi connectivity index (χ3n) is 5.05. The lowest BCUT2D eigenvalue weighted by atomic mass is 10.0. The van der Waals surface area contributed by atoms with Crippen molar-refractivity contribution in [2.75, 3.05) is 0 Å². The summed E-state index contributed by atoms with van der Waals surface area (Å²) in [5, 5.41) is 14.0. The van der Waals surface area contributed by atoms with Gasteiger partial charge < -0.3 is 4.52 Å². The fourth-order valence-electron chi connectivity index (χ4n) is 3.44. The lowest BCUT2D eigenvalue weighted by Crippen LogP contribution is -2.07. The highest BCUT2D eigenvalue weighted by Crippen LogP contribution is 2.33. The molecule has 160 valence electrons. The summed E-state index contributed by atoms with van der Waals surface area (Å²) in [5.41, 5.74) is 4.59. The summed E-state index contributed by atoms with van der Waals surface area (Å²) in [6.45, 7) is 8.42. The van der Waals surface area contributed by atoms with Crippen LogP contribution < -0.4 is 0 Å². The maximum Gasteiger partial charge on any atom is 0.229 e. The average Bonchev–Trinajstić information content (AvgIpc) is 3.45. The monoisotopic (exact) mass is 434 g/mol. The molecule has 0 aliphatic carbocycles. The number of nitrogens with zero attached hydrogens (tertiary/aromatic N) is 6. The molecule has 0 bridgehead atoms. The van der Waals surface area contributed by atoms with E-state index >= 15 is 0 Å². The highest BCUT2D eigenvalue weighted by Gasteiger charge is 2.21. The number of para-hydroxylation sites is 1. The Balaban J connectivity index is 1.79. The highest BCUT2D eigenvalue weighted by molar-refractivity contribution is 7.98. The Bertz CT molecular complexity index is 1130. The molecule has 0 aliphatic heterocycles. The lowest BCUT2D eigenvalue weighted by Gasteiger charge is -2.17. The molecule has 31 heavy (non-hydrogen) atoms. The maximum absolute atomic E-state index is 5.35. The van der Waals surface area contributed by atoms with Crippen LogP contribution in [-0.4, -0.2) is 29.9 Å². The number of aromatic nitrogens is 6. The quantitative estimate of drug-likeness (QED) is 0.350. The first kappa shape index (κ1) is 21.2. The first-order valence-corrected chi connectivity index (χ1v) is 11.5. The second-order valence-corrected chi connectivity index (χ2v) is 8.45. The maximum atomic E-state index is 5.35. The number of rotatable bonds is 8. The van der Waals surface area contributed by atoms with Crippen molar-refractivity contribution < 1.29 is 4.52 Å². The van der Waals surface area contributed by atoms with Crippen molar-refractivity contribution in [3.63, 3.8) is 0 Å². The first-order chi connectivity index (χ1) is 15.1. The summed E-state index contributed by atoms with van der Waals surface area (Å²) in [5.74, 6) is 2.85. The number of thioether (sulfide) groups is 1. The van der Waals surface area contributed by atoms with Gasteiger partial charge in [0.15, 0.2) is 16.8 Å². The third-order valence-corrected chi connectivity index (χ3v) is 5.97. The number of pyridine rings is 1. The molecule has 0 spiro atoms. The molecule has 3 heterocycles. The van der Waals surface area contributed by atoms with E-state index in [9.17, 15) is 0 Å². The summed E-state index contributed by atoms with van der Waals surface area (Å²) in [6.07, 6.45) is 5.42. The molecule has 0 radical (unpaired) electrons. The predicted octanol–water partition coefficient (Wildman–Crippen LogP) is 5.25. The fourth-order valence-corrected chi connectivity index (χ4v) is 4.22. The molecule has 0 amide bonds. The Morgan fingerprint density at radius 1 is 1.03 bits per heavy atom. The molecule has 1 aromatic carbocycles. The van der Waals surface area contributed by atoms with Crippen molar-refractivity contribution in [3.05, 3.63) is 65.6 Å². The first-order valence-electron chi connectivity index (χ1n) is 10.5. The van der Waals surface area contributed by atoms with E-state index < -0.39 is 0 Å². The molecule has 3 aromatic heterocycles. The van der Waals surface area contributed by atoms with Crippen LogP contribution in [0.1, 0.15) is 56.5 Å². The zero-order valence-electron chi connectivity index (χ0n) is 18.2. The van der Waals surface area contributed by atoms with Gasteiger partial charge in [-0.05, 0) is 36.1 Å². The normalized spacial score (nSPS) is 11.4. The molecule has 0 fully saturated rings. The van der Waals surface area contributed by atoms with E-state index in [1.165, 1.54) is 11.1 Å². The van der Waals surface area contributed by atoms with Gasteiger partial charge in [-0.25, -0.2) is 0 Å². The Morgan fingerprint density at radius 2 is 1.81 bits per heavy atom. The summed E-state index contributed by atoms with van der Waals surface area (Å²) < 4.78 is 7.51.